The van der Waals surface area contributed by atoms with Crippen molar-refractivity contribution in [1.29, 1.82) is 0 Å². The van der Waals surface area contributed by atoms with Crippen molar-refractivity contribution >= 4 is 27.3 Å². The first-order valence-electron chi connectivity index (χ1n) is 10.6. The Morgan fingerprint density at radius 1 is 1.06 bits per heavy atom. The summed E-state index contributed by atoms with van der Waals surface area (Å²) in [4.78, 5) is 12.2. The highest BCUT2D eigenvalue weighted by atomic mass is 32.2. The fraction of sp³-hybridized carbons (Fsp3) is 0.500. The molecule has 0 fully saturated rings. The van der Waals surface area contributed by atoms with E-state index in [2.05, 4.69) is 9.46 Å². The van der Waals surface area contributed by atoms with Crippen LogP contribution < -0.4 is 4.72 Å². The molecule has 1 aromatic carbocycles. The third-order valence-electron chi connectivity index (χ3n) is 5.17. The first-order chi connectivity index (χ1) is 16.3. The van der Waals surface area contributed by atoms with Crippen molar-refractivity contribution in [3.8, 4) is 0 Å². The van der Waals surface area contributed by atoms with Gasteiger partial charge in [0.2, 0.25) is 10.0 Å². The van der Waals surface area contributed by atoms with Crippen molar-refractivity contribution in [3.63, 3.8) is 0 Å². The van der Waals surface area contributed by atoms with Gasteiger partial charge in [-0.25, -0.2) is 21.9 Å². The van der Waals surface area contributed by atoms with Gasteiger partial charge in [-0.1, -0.05) is 0 Å². The lowest BCUT2D eigenvalue weighted by molar-refractivity contribution is -0.219. The summed E-state index contributed by atoms with van der Waals surface area (Å²) in [5, 5.41) is 0. The molecule has 0 saturated heterocycles. The van der Waals surface area contributed by atoms with E-state index in [0.29, 0.717) is 17.7 Å². The van der Waals surface area contributed by atoms with Crippen molar-refractivity contribution in [3.05, 3.63) is 52.0 Å². The molecule has 2 aromatic rings. The van der Waals surface area contributed by atoms with Gasteiger partial charge in [-0.15, -0.1) is 11.3 Å². The lowest BCUT2D eigenvalue weighted by Crippen LogP contribution is -2.42. The zero-order valence-corrected chi connectivity index (χ0v) is 20.3. The number of carbonyl (C=O) groups excluding carboxylic acids is 1. The van der Waals surface area contributed by atoms with Crippen molar-refractivity contribution in [1.82, 2.24) is 4.72 Å². The van der Waals surface area contributed by atoms with E-state index in [9.17, 15) is 39.6 Å². The van der Waals surface area contributed by atoms with E-state index in [1.807, 2.05) is 0 Å². The second kappa shape index (κ2) is 12.2. The number of esters is 1. The van der Waals surface area contributed by atoms with E-state index in [1.54, 1.807) is 12.1 Å². The van der Waals surface area contributed by atoms with Gasteiger partial charge >= 0.3 is 17.8 Å². The smallest absolute Gasteiger partial charge is 0.337 e. The van der Waals surface area contributed by atoms with E-state index in [0.717, 1.165) is 29.1 Å². The van der Waals surface area contributed by atoms with E-state index in [-0.39, 0.29) is 17.7 Å². The molecular weight excluding hydrogens is 520 g/mol. The molecule has 1 heterocycles. The number of nitrogens with one attached hydrogen (secondary N) is 1. The second-order valence-corrected chi connectivity index (χ2v) is 10.7. The minimum absolute atomic E-state index is 0.169. The molecule has 5 nitrogen and oxygen atoms in total. The molecule has 35 heavy (non-hydrogen) atoms. The highest BCUT2D eigenvalue weighted by Crippen LogP contribution is 2.39. The highest BCUT2D eigenvalue weighted by Gasteiger charge is 2.55. The van der Waals surface area contributed by atoms with Crippen LogP contribution in [0.25, 0.3) is 0 Å². The van der Waals surface area contributed by atoms with Crippen molar-refractivity contribution in [2.24, 2.45) is 0 Å². The van der Waals surface area contributed by atoms with Gasteiger partial charge in [-0.05, 0) is 62.1 Å². The Bertz CT molecular complexity index is 1070. The number of carbonyl (C=O) groups is 1. The normalized spacial score (nSPS) is 13.6. The van der Waals surface area contributed by atoms with Crippen LogP contribution in [-0.4, -0.2) is 40.0 Å². The fourth-order valence-corrected chi connectivity index (χ4v) is 5.63. The van der Waals surface area contributed by atoms with Gasteiger partial charge in [-0.2, -0.15) is 17.6 Å². The molecule has 0 saturated carbocycles. The van der Waals surface area contributed by atoms with Crippen LogP contribution in [0.3, 0.4) is 0 Å². The zero-order chi connectivity index (χ0) is 26.3. The SMILES string of the molecule is COC(=O)CCCc1ccc(C(CCCC(F)(F)C(F)(F)CF)NS(=O)(=O)c2ccc(F)cc2)s1. The van der Waals surface area contributed by atoms with Gasteiger partial charge in [0.05, 0.1) is 18.0 Å². The Morgan fingerprint density at radius 3 is 2.31 bits per heavy atom. The molecule has 0 aliphatic rings. The Morgan fingerprint density at radius 2 is 1.71 bits per heavy atom. The summed E-state index contributed by atoms with van der Waals surface area (Å²) in [6.07, 6.45) is -1.06. The number of rotatable bonds is 14. The molecule has 0 aliphatic carbocycles. The minimum Gasteiger partial charge on any atom is -0.469 e. The summed E-state index contributed by atoms with van der Waals surface area (Å²) in [5.41, 5.74) is 0. The number of aryl methyl sites for hydroxylation is 1. The summed E-state index contributed by atoms with van der Waals surface area (Å²) >= 11 is 1.17. The molecule has 196 valence electrons. The van der Waals surface area contributed by atoms with Gasteiger partial charge in [0.1, 0.15) is 5.82 Å². The molecule has 0 spiro atoms. The van der Waals surface area contributed by atoms with Crippen LogP contribution in [0, 0.1) is 5.82 Å². The lowest BCUT2D eigenvalue weighted by Gasteiger charge is -2.25. The van der Waals surface area contributed by atoms with Gasteiger partial charge < -0.3 is 4.74 Å². The number of ether oxygens (including phenoxy) is 1. The molecule has 1 atom stereocenters. The van der Waals surface area contributed by atoms with Crippen LogP contribution in [0.1, 0.15) is 47.9 Å². The van der Waals surface area contributed by atoms with Gasteiger partial charge in [-0.3, -0.25) is 4.79 Å². The molecule has 1 N–H and O–H groups in total. The predicted molar refractivity (Wildman–Crippen MR) is 118 cm³/mol. The number of methoxy groups -OCH3 is 1. The third-order valence-corrected chi connectivity index (χ3v) is 7.91. The third kappa shape index (κ3) is 8.21. The number of alkyl halides is 5. The van der Waals surface area contributed by atoms with Gasteiger partial charge in [0.25, 0.3) is 0 Å². The molecule has 0 amide bonds. The monoisotopic (exact) mass is 545 g/mol. The maximum atomic E-state index is 13.7. The number of sulfonamides is 1. The van der Waals surface area contributed by atoms with Crippen LogP contribution in [-0.2, 0) is 26.0 Å². The average Bonchev–Trinajstić information content (AvgIpc) is 3.27. The quantitative estimate of drug-likeness (QED) is 0.240. The van der Waals surface area contributed by atoms with Gasteiger partial charge in [0.15, 0.2) is 6.67 Å². The first kappa shape index (κ1) is 29.1. The zero-order valence-electron chi connectivity index (χ0n) is 18.7. The second-order valence-electron chi connectivity index (χ2n) is 7.80. The Labute approximate surface area is 203 Å². The molecule has 2 rings (SSSR count). The molecular formula is C22H25F6NO4S2. The summed E-state index contributed by atoms with van der Waals surface area (Å²) in [6, 6.07) is 6.13. The average molecular weight is 546 g/mol. The Kier molecular flexibility index (Phi) is 10.2. The number of benzene rings is 1. The van der Waals surface area contributed by atoms with E-state index < -0.39 is 59.2 Å². The molecule has 1 unspecified atom stereocenters. The standard InChI is InChI=1S/C22H25F6NO4S2/c1-33-20(30)6-2-4-16-9-12-19(34-16)18(5-3-13-21(25,26)22(27,28)14-23)29-35(31,32)17-10-7-15(24)8-11-17/h7-12,18,29H,2-6,13-14H2,1H3. The highest BCUT2D eigenvalue weighted by molar-refractivity contribution is 7.89. The van der Waals surface area contributed by atoms with Crippen LogP contribution in [0.2, 0.25) is 0 Å². The largest absolute Gasteiger partial charge is 0.469 e. The van der Waals surface area contributed by atoms with Crippen molar-refractivity contribution < 1.29 is 44.3 Å². The Balaban J connectivity index is 2.19. The van der Waals surface area contributed by atoms with E-state index >= 15 is 0 Å². The first-order valence-corrected chi connectivity index (χ1v) is 12.9. The maximum absolute atomic E-state index is 13.7. The lowest BCUT2D eigenvalue weighted by atomic mass is 10.0. The fourth-order valence-electron chi connectivity index (χ4n) is 3.16. The van der Waals surface area contributed by atoms with E-state index in [1.165, 1.54) is 18.4 Å². The summed E-state index contributed by atoms with van der Waals surface area (Å²) in [6.45, 7) is -2.51. The van der Waals surface area contributed by atoms with Crippen molar-refractivity contribution in [2.75, 3.05) is 13.8 Å². The topological polar surface area (TPSA) is 72.5 Å². The number of hydrogen-bond donors (Lipinski definition) is 1. The van der Waals surface area contributed by atoms with Crippen LogP contribution >= 0.6 is 11.3 Å². The molecule has 0 aliphatic heterocycles. The van der Waals surface area contributed by atoms with E-state index in [4.69, 9.17) is 0 Å². The van der Waals surface area contributed by atoms with Crippen LogP contribution in [0.15, 0.2) is 41.3 Å². The predicted octanol–water partition coefficient (Wildman–Crippen LogP) is 5.81. The maximum Gasteiger partial charge on any atom is 0.337 e. The molecule has 0 bridgehead atoms. The summed E-state index contributed by atoms with van der Waals surface area (Å²) in [7, 11) is -2.95. The number of halogens is 6. The number of thiophene rings is 1. The molecule has 0 radical (unpaired) electrons. The van der Waals surface area contributed by atoms with Crippen LogP contribution in [0.4, 0.5) is 26.3 Å². The van der Waals surface area contributed by atoms with Crippen LogP contribution in [0.5, 0.6) is 0 Å². The molecule has 13 heteroatoms. The molecule has 1 aromatic heterocycles. The van der Waals surface area contributed by atoms with Crippen molar-refractivity contribution in [2.45, 2.75) is 61.3 Å². The minimum atomic E-state index is -4.83. The number of hydrogen-bond acceptors (Lipinski definition) is 5. The summed E-state index contributed by atoms with van der Waals surface area (Å²) in [5.74, 6) is -10.5. The Hall–Kier alpha value is -2.12. The van der Waals surface area contributed by atoms with Gasteiger partial charge in [0, 0.05) is 22.6 Å². The summed E-state index contributed by atoms with van der Waals surface area (Å²) < 4.78 is 112.